The molecule has 1 aromatic heterocycles. The molecule has 236 valence electrons. The average Bonchev–Trinajstić information content (AvgIpc) is 3.04. The highest BCUT2D eigenvalue weighted by atomic mass is 35.5. The van der Waals surface area contributed by atoms with Gasteiger partial charge in [0.15, 0.2) is 17.3 Å². The number of ether oxygens (including phenoxy) is 3. The third-order valence-corrected chi connectivity index (χ3v) is 7.69. The molecule has 1 heterocycles. The molecule has 46 heavy (non-hydrogen) atoms. The van der Waals surface area contributed by atoms with Crippen LogP contribution in [0.25, 0.3) is 22.3 Å². The minimum Gasteiger partial charge on any atom is -0.496 e. The van der Waals surface area contributed by atoms with Gasteiger partial charge in [0.1, 0.15) is 12.4 Å². The lowest BCUT2D eigenvalue weighted by atomic mass is 9.96. The fourth-order valence-electron chi connectivity index (χ4n) is 5.11. The van der Waals surface area contributed by atoms with Crippen LogP contribution in [0.2, 0.25) is 5.02 Å². The van der Waals surface area contributed by atoms with Crippen LogP contribution in [-0.2, 0) is 6.61 Å². The van der Waals surface area contributed by atoms with Crippen LogP contribution in [0.15, 0.2) is 82.7 Å². The molecule has 9 nitrogen and oxygen atoms in total. The highest BCUT2D eigenvalue weighted by Crippen LogP contribution is 2.37. The molecule has 0 atom stereocenters. The number of carbonyl (C=O) groups is 1. The molecular weight excluding hydrogens is 606 g/mol. The molecule has 1 N–H and O–H groups in total. The van der Waals surface area contributed by atoms with Crippen LogP contribution in [0.3, 0.4) is 0 Å². The normalized spacial score (nSPS) is 11.4. The lowest BCUT2D eigenvalue weighted by Crippen LogP contribution is -2.20. The molecule has 0 aliphatic rings. The Labute approximate surface area is 271 Å². The second-order valence-corrected chi connectivity index (χ2v) is 11.3. The number of aromatic carboxylic acids is 1. The molecule has 0 saturated heterocycles. The van der Waals surface area contributed by atoms with Crippen molar-refractivity contribution in [2.45, 2.75) is 40.2 Å². The number of aromatic nitrogens is 2. The third-order valence-electron chi connectivity index (χ3n) is 7.40. The molecule has 0 radical (unpaired) electrons. The van der Waals surface area contributed by atoms with Crippen LogP contribution in [0.1, 0.15) is 59.3 Å². The predicted molar refractivity (Wildman–Crippen MR) is 180 cm³/mol. The zero-order valence-electron chi connectivity index (χ0n) is 26.2. The van der Waals surface area contributed by atoms with Gasteiger partial charge in [-0.15, -0.1) is 0 Å². The Morgan fingerprint density at radius 1 is 1.04 bits per heavy atom. The van der Waals surface area contributed by atoms with Gasteiger partial charge in [0.25, 0.3) is 5.56 Å². The lowest BCUT2D eigenvalue weighted by molar-refractivity contribution is 0.0696. The van der Waals surface area contributed by atoms with E-state index in [4.69, 9.17) is 30.8 Å². The molecule has 10 heteroatoms. The number of para-hydroxylation sites is 1. The van der Waals surface area contributed by atoms with Crippen LogP contribution < -0.4 is 19.8 Å². The third kappa shape index (κ3) is 6.74. The number of hydrogen-bond acceptors (Lipinski definition) is 7. The van der Waals surface area contributed by atoms with Crippen molar-refractivity contribution < 1.29 is 24.1 Å². The molecule has 4 aromatic carbocycles. The van der Waals surface area contributed by atoms with Crippen molar-refractivity contribution in [3.63, 3.8) is 0 Å². The Morgan fingerprint density at radius 3 is 2.54 bits per heavy atom. The Kier molecular flexibility index (Phi) is 9.72. The van der Waals surface area contributed by atoms with Gasteiger partial charge in [0.2, 0.25) is 0 Å². The van der Waals surface area contributed by atoms with E-state index in [1.54, 1.807) is 55.6 Å². The van der Waals surface area contributed by atoms with E-state index in [2.05, 4.69) is 18.9 Å². The summed E-state index contributed by atoms with van der Waals surface area (Å²) in [5.74, 6) is 0.986. The Hall–Kier alpha value is -5.15. The van der Waals surface area contributed by atoms with Crippen molar-refractivity contribution in [2.24, 2.45) is 5.10 Å². The summed E-state index contributed by atoms with van der Waals surface area (Å²) in [5.41, 5.74) is 4.25. The number of benzene rings is 4. The minimum absolute atomic E-state index is 0.0788. The zero-order valence-corrected chi connectivity index (χ0v) is 27.0. The predicted octanol–water partition coefficient (Wildman–Crippen LogP) is 7.72. The second kappa shape index (κ2) is 13.9. The second-order valence-electron chi connectivity index (χ2n) is 10.9. The summed E-state index contributed by atoms with van der Waals surface area (Å²) in [6.45, 7) is 8.36. The summed E-state index contributed by atoms with van der Waals surface area (Å²) in [6, 6.07) is 21.0. The molecular formula is C36H34ClN3O6. The molecule has 0 bridgehead atoms. The number of methoxy groups -OCH3 is 1. The van der Waals surface area contributed by atoms with Gasteiger partial charge in [-0.05, 0) is 90.6 Å². The lowest BCUT2D eigenvalue weighted by Gasteiger charge is -2.17. The average molecular weight is 640 g/mol. The number of rotatable bonds is 11. The largest absolute Gasteiger partial charge is 0.496 e. The first-order valence-corrected chi connectivity index (χ1v) is 15.2. The van der Waals surface area contributed by atoms with Gasteiger partial charge in [-0.2, -0.15) is 9.78 Å². The number of carboxylic acids is 1. The van der Waals surface area contributed by atoms with E-state index in [9.17, 15) is 14.7 Å². The smallest absolute Gasteiger partial charge is 0.335 e. The van der Waals surface area contributed by atoms with Crippen molar-refractivity contribution in [3.05, 3.63) is 116 Å². The van der Waals surface area contributed by atoms with Gasteiger partial charge in [-0.3, -0.25) is 4.79 Å². The highest BCUT2D eigenvalue weighted by molar-refractivity contribution is 6.32. The minimum atomic E-state index is -1.02. The van der Waals surface area contributed by atoms with Crippen molar-refractivity contribution in [3.8, 4) is 28.6 Å². The topological polar surface area (TPSA) is 112 Å². The van der Waals surface area contributed by atoms with E-state index >= 15 is 0 Å². The number of halogens is 1. The molecule has 0 aliphatic heterocycles. The van der Waals surface area contributed by atoms with Gasteiger partial charge in [0.05, 0.1) is 41.4 Å². The Bertz CT molecular complexity index is 2020. The van der Waals surface area contributed by atoms with Gasteiger partial charge < -0.3 is 19.3 Å². The van der Waals surface area contributed by atoms with E-state index in [1.807, 2.05) is 32.0 Å². The quantitative estimate of drug-likeness (QED) is 0.147. The molecule has 5 rings (SSSR count). The summed E-state index contributed by atoms with van der Waals surface area (Å²) >= 11 is 6.68. The number of carboxylic acid groups (broad SMARTS) is 1. The summed E-state index contributed by atoms with van der Waals surface area (Å²) in [5, 5.41) is 14.6. The summed E-state index contributed by atoms with van der Waals surface area (Å²) in [4.78, 5) is 30.1. The first-order chi connectivity index (χ1) is 22.1. The van der Waals surface area contributed by atoms with Gasteiger partial charge >= 0.3 is 5.97 Å². The maximum Gasteiger partial charge on any atom is 0.335 e. The van der Waals surface area contributed by atoms with Crippen LogP contribution in [0.4, 0.5) is 0 Å². The molecule has 0 fully saturated rings. The van der Waals surface area contributed by atoms with Crippen molar-refractivity contribution >= 4 is 34.7 Å². The fourth-order valence-corrected chi connectivity index (χ4v) is 5.39. The Balaban J connectivity index is 1.57. The van der Waals surface area contributed by atoms with Crippen molar-refractivity contribution in [2.75, 3.05) is 13.7 Å². The molecule has 0 saturated carbocycles. The SMILES string of the molecule is CCOc1cc(C=Nn2c(-c3cc(C(C)C)c(OC)cc3C)nc3ccccc3c2=O)cc(Cl)c1OCc1cccc(C(=O)O)c1. The first kappa shape index (κ1) is 32.2. The zero-order chi connectivity index (χ0) is 33.0. The van der Waals surface area contributed by atoms with E-state index in [1.165, 1.54) is 17.0 Å². The molecule has 0 spiro atoms. The highest BCUT2D eigenvalue weighted by Gasteiger charge is 2.19. The van der Waals surface area contributed by atoms with E-state index in [0.717, 1.165) is 22.4 Å². The number of nitrogens with zero attached hydrogens (tertiary/aromatic N) is 3. The number of fused-ring (bicyclic) bond motifs is 1. The van der Waals surface area contributed by atoms with Crippen molar-refractivity contribution in [1.29, 1.82) is 0 Å². The van der Waals surface area contributed by atoms with E-state index in [-0.39, 0.29) is 28.7 Å². The van der Waals surface area contributed by atoms with Gasteiger partial charge in [-0.25, -0.2) is 9.78 Å². The maximum absolute atomic E-state index is 13.9. The van der Waals surface area contributed by atoms with Crippen LogP contribution in [0.5, 0.6) is 17.2 Å². The Morgan fingerprint density at radius 2 is 1.83 bits per heavy atom. The first-order valence-electron chi connectivity index (χ1n) is 14.8. The van der Waals surface area contributed by atoms with Crippen molar-refractivity contribution in [1.82, 2.24) is 9.66 Å². The molecule has 0 unspecified atom stereocenters. The number of aryl methyl sites for hydroxylation is 1. The number of hydrogen-bond donors (Lipinski definition) is 1. The summed E-state index contributed by atoms with van der Waals surface area (Å²) in [7, 11) is 1.64. The van der Waals surface area contributed by atoms with E-state index in [0.29, 0.717) is 46.0 Å². The summed E-state index contributed by atoms with van der Waals surface area (Å²) in [6.07, 6.45) is 1.53. The van der Waals surface area contributed by atoms with E-state index < -0.39 is 5.97 Å². The molecule has 5 aromatic rings. The standard InChI is InChI=1S/C36H34ClN3O6/c1-6-45-32-17-24(16-29(37)33(32)46-20-23-10-9-11-25(15-23)36(42)43)19-38-40-34(39-30-13-8-7-12-26(30)35(40)41)28-18-27(21(2)3)31(44-5)14-22(28)4/h7-19,21H,6,20H2,1-5H3,(H,42,43). The monoisotopic (exact) mass is 639 g/mol. The van der Waals surface area contributed by atoms with Gasteiger partial charge in [-0.1, -0.05) is 49.7 Å². The molecule has 0 aliphatic carbocycles. The fraction of sp³-hybridized carbons (Fsp3) is 0.222. The van der Waals surface area contributed by atoms with Crippen LogP contribution in [0, 0.1) is 6.92 Å². The summed E-state index contributed by atoms with van der Waals surface area (Å²) < 4.78 is 18.8. The van der Waals surface area contributed by atoms with Crippen LogP contribution >= 0.6 is 11.6 Å². The maximum atomic E-state index is 13.9. The van der Waals surface area contributed by atoms with Gasteiger partial charge in [0, 0.05) is 5.56 Å². The molecule has 0 amide bonds. The van der Waals surface area contributed by atoms with Crippen LogP contribution in [-0.4, -0.2) is 40.7 Å².